The van der Waals surface area contributed by atoms with E-state index < -0.39 is 6.10 Å². The summed E-state index contributed by atoms with van der Waals surface area (Å²) in [6.45, 7) is 9.42. The van der Waals surface area contributed by atoms with Gasteiger partial charge in [0.25, 0.3) is 11.8 Å². The van der Waals surface area contributed by atoms with Crippen LogP contribution in [-0.2, 0) is 4.79 Å². The standard InChI is InChI=1S/C24H29BrN2O3/c1-15-8-10-27(11-9-15)24(29)19-6-5-7-21(14-19)26-23(28)18(4)30-22-16(2)12-20(25)13-17(22)3/h5-7,12-15,18H,8-11H2,1-4H3,(H,26,28). The molecule has 0 radical (unpaired) electrons. The highest BCUT2D eigenvalue weighted by atomic mass is 79.9. The zero-order valence-electron chi connectivity index (χ0n) is 18.0. The average molecular weight is 473 g/mol. The summed E-state index contributed by atoms with van der Waals surface area (Å²) in [7, 11) is 0. The number of hydrogen-bond donors (Lipinski definition) is 1. The molecule has 1 atom stereocenters. The van der Waals surface area contributed by atoms with E-state index in [1.807, 2.05) is 30.9 Å². The first-order valence-corrected chi connectivity index (χ1v) is 11.2. The van der Waals surface area contributed by atoms with Crippen molar-refractivity contribution in [2.75, 3.05) is 18.4 Å². The number of carbonyl (C=O) groups is 2. The van der Waals surface area contributed by atoms with Crippen molar-refractivity contribution in [2.24, 2.45) is 5.92 Å². The molecule has 2 aromatic rings. The van der Waals surface area contributed by atoms with E-state index in [9.17, 15) is 9.59 Å². The van der Waals surface area contributed by atoms with Gasteiger partial charge in [0.05, 0.1) is 0 Å². The van der Waals surface area contributed by atoms with Crippen molar-refractivity contribution >= 4 is 33.4 Å². The van der Waals surface area contributed by atoms with E-state index in [0.29, 0.717) is 22.9 Å². The van der Waals surface area contributed by atoms with E-state index in [1.54, 1.807) is 31.2 Å². The molecule has 1 fully saturated rings. The number of carbonyl (C=O) groups excluding carboxylic acids is 2. The van der Waals surface area contributed by atoms with E-state index in [4.69, 9.17) is 4.74 Å². The molecule has 2 amide bonds. The number of halogens is 1. The Bertz CT molecular complexity index is 913. The lowest BCUT2D eigenvalue weighted by Gasteiger charge is -2.30. The molecular formula is C24H29BrN2O3. The van der Waals surface area contributed by atoms with Crippen molar-refractivity contribution in [3.8, 4) is 5.75 Å². The van der Waals surface area contributed by atoms with Crippen LogP contribution in [0.15, 0.2) is 40.9 Å². The van der Waals surface area contributed by atoms with Gasteiger partial charge in [-0.15, -0.1) is 0 Å². The predicted octanol–water partition coefficient (Wildman–Crippen LogP) is 5.34. The van der Waals surface area contributed by atoms with Gasteiger partial charge in [-0.05, 0) is 81.0 Å². The summed E-state index contributed by atoms with van der Waals surface area (Å²) in [6.07, 6.45) is 1.39. The van der Waals surface area contributed by atoms with Gasteiger partial charge < -0.3 is 15.0 Å². The summed E-state index contributed by atoms with van der Waals surface area (Å²) in [4.78, 5) is 27.4. The molecule has 1 N–H and O–H groups in total. The maximum absolute atomic E-state index is 12.8. The maximum atomic E-state index is 12.8. The van der Waals surface area contributed by atoms with Gasteiger partial charge in [-0.1, -0.05) is 28.9 Å². The van der Waals surface area contributed by atoms with Crippen LogP contribution in [-0.4, -0.2) is 35.9 Å². The molecule has 3 rings (SSSR count). The minimum Gasteiger partial charge on any atom is -0.480 e. The molecule has 0 aromatic heterocycles. The number of ether oxygens (including phenoxy) is 1. The number of nitrogens with one attached hydrogen (secondary N) is 1. The molecule has 1 heterocycles. The second kappa shape index (κ2) is 9.65. The maximum Gasteiger partial charge on any atom is 0.265 e. The van der Waals surface area contributed by atoms with Gasteiger partial charge in [0, 0.05) is 28.8 Å². The Morgan fingerprint density at radius 3 is 2.40 bits per heavy atom. The Kier molecular flexibility index (Phi) is 7.19. The van der Waals surface area contributed by atoms with E-state index in [2.05, 4.69) is 28.2 Å². The molecule has 1 unspecified atom stereocenters. The smallest absolute Gasteiger partial charge is 0.265 e. The SMILES string of the molecule is Cc1cc(Br)cc(C)c1OC(C)C(=O)Nc1cccc(C(=O)N2CCC(C)CC2)c1. The zero-order chi connectivity index (χ0) is 21.8. The number of likely N-dealkylation sites (tertiary alicyclic amines) is 1. The fourth-order valence-electron chi connectivity index (χ4n) is 3.68. The quantitative estimate of drug-likeness (QED) is 0.638. The van der Waals surface area contributed by atoms with Crippen LogP contribution in [0.4, 0.5) is 5.69 Å². The van der Waals surface area contributed by atoms with Crippen LogP contribution in [0.5, 0.6) is 5.75 Å². The Hall–Kier alpha value is -2.34. The number of rotatable bonds is 5. The fraction of sp³-hybridized carbons (Fsp3) is 0.417. The predicted molar refractivity (Wildman–Crippen MR) is 123 cm³/mol. The van der Waals surface area contributed by atoms with Crippen LogP contribution in [0.1, 0.15) is 48.2 Å². The largest absolute Gasteiger partial charge is 0.480 e. The van der Waals surface area contributed by atoms with Gasteiger partial charge in [0.2, 0.25) is 0 Å². The molecule has 0 bridgehead atoms. The summed E-state index contributed by atoms with van der Waals surface area (Å²) in [5.74, 6) is 1.14. The van der Waals surface area contributed by atoms with Gasteiger partial charge in [-0.3, -0.25) is 9.59 Å². The molecule has 1 aliphatic rings. The molecule has 5 nitrogen and oxygen atoms in total. The molecule has 160 valence electrons. The van der Waals surface area contributed by atoms with Crippen LogP contribution in [0, 0.1) is 19.8 Å². The first-order chi connectivity index (χ1) is 14.2. The van der Waals surface area contributed by atoms with Gasteiger partial charge in [-0.25, -0.2) is 0 Å². The number of benzene rings is 2. The third kappa shape index (κ3) is 5.42. The Labute approximate surface area is 186 Å². The Morgan fingerprint density at radius 2 is 1.77 bits per heavy atom. The van der Waals surface area contributed by atoms with Crippen molar-refractivity contribution in [1.82, 2.24) is 4.90 Å². The average Bonchev–Trinajstić information content (AvgIpc) is 2.70. The molecule has 0 saturated carbocycles. The van der Waals surface area contributed by atoms with Crippen LogP contribution in [0.3, 0.4) is 0 Å². The summed E-state index contributed by atoms with van der Waals surface area (Å²) >= 11 is 3.47. The molecule has 0 spiro atoms. The molecular weight excluding hydrogens is 444 g/mol. The van der Waals surface area contributed by atoms with Crippen molar-refractivity contribution in [3.63, 3.8) is 0 Å². The van der Waals surface area contributed by atoms with Crippen molar-refractivity contribution < 1.29 is 14.3 Å². The topological polar surface area (TPSA) is 58.6 Å². The lowest BCUT2D eigenvalue weighted by molar-refractivity contribution is -0.122. The first kappa shape index (κ1) is 22.3. The van der Waals surface area contributed by atoms with Crippen LogP contribution in [0.25, 0.3) is 0 Å². The third-order valence-corrected chi connectivity index (χ3v) is 5.99. The summed E-state index contributed by atoms with van der Waals surface area (Å²) in [6, 6.07) is 11.0. The number of hydrogen-bond acceptors (Lipinski definition) is 3. The second-order valence-electron chi connectivity index (χ2n) is 8.17. The minimum atomic E-state index is -0.675. The number of nitrogens with zero attached hydrogens (tertiary/aromatic N) is 1. The highest BCUT2D eigenvalue weighted by molar-refractivity contribution is 9.10. The van der Waals surface area contributed by atoms with Crippen molar-refractivity contribution in [3.05, 3.63) is 57.6 Å². The van der Waals surface area contributed by atoms with Crippen LogP contribution >= 0.6 is 15.9 Å². The monoisotopic (exact) mass is 472 g/mol. The number of amides is 2. The molecule has 2 aromatic carbocycles. The van der Waals surface area contributed by atoms with Gasteiger partial charge in [0.15, 0.2) is 6.10 Å². The lowest BCUT2D eigenvalue weighted by atomic mass is 9.98. The van der Waals surface area contributed by atoms with E-state index >= 15 is 0 Å². The van der Waals surface area contributed by atoms with Crippen molar-refractivity contribution in [1.29, 1.82) is 0 Å². The summed E-state index contributed by atoms with van der Waals surface area (Å²) in [5, 5.41) is 2.87. The summed E-state index contributed by atoms with van der Waals surface area (Å²) < 4.78 is 6.92. The normalized spacial score (nSPS) is 15.6. The third-order valence-electron chi connectivity index (χ3n) is 5.54. The first-order valence-electron chi connectivity index (χ1n) is 10.4. The van der Waals surface area contributed by atoms with Crippen molar-refractivity contribution in [2.45, 2.75) is 46.6 Å². The second-order valence-corrected chi connectivity index (χ2v) is 9.09. The lowest BCUT2D eigenvalue weighted by Crippen LogP contribution is -2.38. The number of piperidine rings is 1. The fourth-order valence-corrected chi connectivity index (χ4v) is 4.37. The van der Waals surface area contributed by atoms with Crippen LogP contribution < -0.4 is 10.1 Å². The van der Waals surface area contributed by atoms with E-state index in [-0.39, 0.29) is 11.8 Å². The Balaban J connectivity index is 1.65. The molecule has 30 heavy (non-hydrogen) atoms. The molecule has 1 aliphatic heterocycles. The highest BCUT2D eigenvalue weighted by Crippen LogP contribution is 2.28. The minimum absolute atomic E-state index is 0.0170. The Morgan fingerprint density at radius 1 is 1.13 bits per heavy atom. The molecule has 0 aliphatic carbocycles. The van der Waals surface area contributed by atoms with Crippen LogP contribution in [0.2, 0.25) is 0 Å². The summed E-state index contributed by atoms with van der Waals surface area (Å²) in [5.41, 5.74) is 3.11. The number of aryl methyl sites for hydroxylation is 2. The van der Waals surface area contributed by atoms with Gasteiger partial charge >= 0.3 is 0 Å². The highest BCUT2D eigenvalue weighted by Gasteiger charge is 2.22. The molecule has 1 saturated heterocycles. The zero-order valence-corrected chi connectivity index (χ0v) is 19.6. The number of anilines is 1. The van der Waals surface area contributed by atoms with Gasteiger partial charge in [0.1, 0.15) is 5.75 Å². The van der Waals surface area contributed by atoms with E-state index in [1.165, 1.54) is 0 Å². The molecule has 6 heteroatoms. The van der Waals surface area contributed by atoms with Gasteiger partial charge in [-0.2, -0.15) is 0 Å². The van der Waals surface area contributed by atoms with E-state index in [0.717, 1.165) is 41.5 Å².